The average Bonchev–Trinajstić information content (AvgIpc) is 2.93. The van der Waals surface area contributed by atoms with Gasteiger partial charge in [0.1, 0.15) is 17.2 Å². The van der Waals surface area contributed by atoms with Crippen LogP contribution in [0.3, 0.4) is 0 Å². The van der Waals surface area contributed by atoms with Gasteiger partial charge in [-0.15, -0.1) is 0 Å². The molecule has 0 aromatic heterocycles. The van der Waals surface area contributed by atoms with Crippen LogP contribution in [0.4, 0.5) is 17.1 Å². The zero-order valence-electron chi connectivity index (χ0n) is 21.3. The summed E-state index contributed by atoms with van der Waals surface area (Å²) in [5.41, 5.74) is 1.43. The topological polar surface area (TPSA) is 123 Å². The van der Waals surface area contributed by atoms with E-state index in [0.29, 0.717) is 51.3 Å². The van der Waals surface area contributed by atoms with Crippen molar-refractivity contribution in [3.63, 3.8) is 0 Å². The molecular weight excluding hydrogens is 482 g/mol. The van der Waals surface area contributed by atoms with E-state index in [-0.39, 0.29) is 11.4 Å². The fourth-order valence-corrected chi connectivity index (χ4v) is 3.44. The van der Waals surface area contributed by atoms with Crippen LogP contribution in [0.2, 0.25) is 0 Å². The Balaban J connectivity index is 1.96. The minimum Gasteiger partial charge on any atom is -0.496 e. The third-order valence-corrected chi connectivity index (χ3v) is 5.32. The van der Waals surface area contributed by atoms with Crippen molar-refractivity contribution < 1.29 is 33.3 Å². The highest BCUT2D eigenvalue weighted by atomic mass is 16.6. The highest BCUT2D eigenvalue weighted by Crippen LogP contribution is 2.37. The van der Waals surface area contributed by atoms with Gasteiger partial charge in [-0.3, -0.25) is 15.1 Å². The fraction of sp³-hybridized carbons (Fsp3) is 0.231. The molecule has 0 heterocycles. The van der Waals surface area contributed by atoms with Crippen molar-refractivity contribution in [1.29, 1.82) is 0 Å². The Kier molecular flexibility index (Phi) is 8.87. The van der Waals surface area contributed by atoms with Gasteiger partial charge in [0.15, 0.2) is 23.0 Å². The number of ether oxygens (including phenoxy) is 6. The summed E-state index contributed by atoms with van der Waals surface area (Å²) >= 11 is 0. The first kappa shape index (κ1) is 26.8. The highest BCUT2D eigenvalue weighted by Gasteiger charge is 2.16. The molecule has 0 fully saturated rings. The maximum atomic E-state index is 11.8. The number of methoxy groups -OCH3 is 6. The SMILES string of the molecule is COc1cc(OC)c(OC)cc1C=Nc1ccc(N=Cc2cc(OC)c(OC)cc2OC)c([N+](=O)[O-])c1. The second-order valence-electron chi connectivity index (χ2n) is 7.34. The zero-order valence-corrected chi connectivity index (χ0v) is 21.3. The number of nitro groups is 1. The molecule has 0 atom stereocenters. The van der Waals surface area contributed by atoms with E-state index in [2.05, 4.69) is 9.98 Å². The van der Waals surface area contributed by atoms with Crippen molar-refractivity contribution in [3.05, 3.63) is 63.7 Å². The molecule has 3 aromatic rings. The van der Waals surface area contributed by atoms with E-state index in [0.717, 1.165) is 0 Å². The van der Waals surface area contributed by atoms with Crippen LogP contribution in [0.1, 0.15) is 11.1 Å². The van der Waals surface area contributed by atoms with E-state index in [4.69, 9.17) is 28.4 Å². The number of benzene rings is 3. The van der Waals surface area contributed by atoms with Crippen LogP contribution in [0.25, 0.3) is 0 Å². The molecule has 0 unspecified atom stereocenters. The quantitative estimate of drug-likeness (QED) is 0.198. The number of nitrogens with zero attached hydrogens (tertiary/aromatic N) is 3. The number of nitro benzene ring substituents is 1. The van der Waals surface area contributed by atoms with Gasteiger partial charge in [0.2, 0.25) is 0 Å². The molecule has 11 heteroatoms. The van der Waals surface area contributed by atoms with Crippen LogP contribution < -0.4 is 28.4 Å². The Bertz CT molecular complexity index is 1340. The lowest BCUT2D eigenvalue weighted by atomic mass is 10.1. The van der Waals surface area contributed by atoms with Gasteiger partial charge in [-0.2, -0.15) is 0 Å². The Labute approximate surface area is 214 Å². The number of rotatable bonds is 11. The summed E-state index contributed by atoms with van der Waals surface area (Å²) in [7, 11) is 9.08. The van der Waals surface area contributed by atoms with E-state index in [1.165, 1.54) is 67.2 Å². The van der Waals surface area contributed by atoms with Crippen LogP contribution in [-0.4, -0.2) is 60.0 Å². The van der Waals surface area contributed by atoms with Gasteiger partial charge >= 0.3 is 0 Å². The average molecular weight is 510 g/mol. The van der Waals surface area contributed by atoms with Crippen molar-refractivity contribution in [3.8, 4) is 34.5 Å². The lowest BCUT2D eigenvalue weighted by molar-refractivity contribution is -0.384. The zero-order chi connectivity index (χ0) is 26.9. The lowest BCUT2D eigenvalue weighted by Gasteiger charge is -2.12. The van der Waals surface area contributed by atoms with Crippen molar-refractivity contribution in [2.45, 2.75) is 0 Å². The molecule has 11 nitrogen and oxygen atoms in total. The molecule has 37 heavy (non-hydrogen) atoms. The van der Waals surface area contributed by atoms with Gasteiger partial charge < -0.3 is 28.4 Å². The number of aliphatic imine (C=N–C) groups is 2. The predicted octanol–water partition coefficient (Wildman–Crippen LogP) is 5.15. The third-order valence-electron chi connectivity index (χ3n) is 5.32. The third kappa shape index (κ3) is 6.07. The van der Waals surface area contributed by atoms with Crippen LogP contribution in [-0.2, 0) is 0 Å². The maximum Gasteiger partial charge on any atom is 0.296 e. The Morgan fingerprint density at radius 1 is 0.622 bits per heavy atom. The Morgan fingerprint density at radius 2 is 1.05 bits per heavy atom. The minimum atomic E-state index is -0.519. The molecule has 0 saturated heterocycles. The summed E-state index contributed by atoms with van der Waals surface area (Å²) in [6, 6.07) is 11.2. The van der Waals surface area contributed by atoms with Crippen molar-refractivity contribution in [2.75, 3.05) is 42.7 Å². The van der Waals surface area contributed by atoms with E-state index < -0.39 is 4.92 Å². The predicted molar refractivity (Wildman–Crippen MR) is 140 cm³/mol. The monoisotopic (exact) mass is 509 g/mol. The summed E-state index contributed by atoms with van der Waals surface area (Å²) in [4.78, 5) is 20.0. The molecule has 0 spiro atoms. The van der Waals surface area contributed by atoms with Gasteiger partial charge in [0.25, 0.3) is 5.69 Å². The second kappa shape index (κ2) is 12.2. The first-order valence-electron chi connectivity index (χ1n) is 10.9. The van der Waals surface area contributed by atoms with Gasteiger partial charge in [-0.1, -0.05) is 0 Å². The van der Waals surface area contributed by atoms with E-state index >= 15 is 0 Å². The highest BCUT2D eigenvalue weighted by molar-refractivity contribution is 5.89. The summed E-state index contributed by atoms with van der Waals surface area (Å²) in [6.07, 6.45) is 2.98. The van der Waals surface area contributed by atoms with Crippen molar-refractivity contribution in [2.24, 2.45) is 9.98 Å². The molecule has 0 N–H and O–H groups in total. The van der Waals surface area contributed by atoms with E-state index in [1.54, 1.807) is 30.3 Å². The lowest BCUT2D eigenvalue weighted by Crippen LogP contribution is -1.97. The van der Waals surface area contributed by atoms with Crippen LogP contribution in [0, 0.1) is 10.1 Å². The molecule has 0 radical (unpaired) electrons. The molecular formula is C26H27N3O8. The molecule has 0 amide bonds. The molecule has 0 aliphatic rings. The van der Waals surface area contributed by atoms with E-state index in [9.17, 15) is 10.1 Å². The molecule has 3 rings (SSSR count). The van der Waals surface area contributed by atoms with Gasteiger partial charge in [-0.25, -0.2) is 4.99 Å². The molecule has 0 aliphatic heterocycles. The maximum absolute atomic E-state index is 11.8. The van der Waals surface area contributed by atoms with Gasteiger partial charge in [-0.05, 0) is 24.3 Å². The van der Waals surface area contributed by atoms with Crippen molar-refractivity contribution in [1.82, 2.24) is 0 Å². The molecule has 0 aliphatic carbocycles. The fourth-order valence-electron chi connectivity index (χ4n) is 3.44. The second-order valence-corrected chi connectivity index (χ2v) is 7.34. The smallest absolute Gasteiger partial charge is 0.296 e. The normalized spacial score (nSPS) is 11.0. The minimum absolute atomic E-state index is 0.143. The largest absolute Gasteiger partial charge is 0.496 e. The van der Waals surface area contributed by atoms with Gasteiger partial charge in [0, 0.05) is 41.8 Å². The van der Waals surface area contributed by atoms with E-state index in [1.807, 2.05) is 0 Å². The Morgan fingerprint density at radius 3 is 1.49 bits per heavy atom. The summed E-state index contributed by atoms with van der Waals surface area (Å²) < 4.78 is 32.0. The number of hydrogen-bond acceptors (Lipinski definition) is 10. The van der Waals surface area contributed by atoms with Crippen molar-refractivity contribution >= 4 is 29.5 Å². The van der Waals surface area contributed by atoms with Gasteiger partial charge in [0.05, 0.1) is 53.3 Å². The standard InChI is InChI=1S/C26H27N3O8/c1-32-21-12-25(36-5)23(34-3)9-16(21)14-27-18-7-8-19(20(11-18)29(30)31)28-15-17-10-24(35-4)26(37-6)13-22(17)33-2/h7-15H,1-6H3. The summed E-state index contributed by atoms with van der Waals surface area (Å²) in [6.45, 7) is 0. The number of hydrogen-bond donors (Lipinski definition) is 0. The molecule has 0 saturated carbocycles. The molecule has 0 bridgehead atoms. The summed E-state index contributed by atoms with van der Waals surface area (Å²) in [5, 5.41) is 11.8. The molecule has 194 valence electrons. The van der Waals surface area contributed by atoms with Crippen LogP contribution in [0.15, 0.2) is 52.4 Å². The first-order chi connectivity index (χ1) is 17.9. The van der Waals surface area contributed by atoms with Crippen LogP contribution >= 0.6 is 0 Å². The van der Waals surface area contributed by atoms with Crippen LogP contribution in [0.5, 0.6) is 34.5 Å². The Hall–Kier alpha value is -4.80. The molecule has 3 aromatic carbocycles. The first-order valence-corrected chi connectivity index (χ1v) is 10.9. The summed E-state index contributed by atoms with van der Waals surface area (Å²) in [5.74, 6) is 2.91.